The minimum Gasteiger partial charge on any atom is -0.368 e. The van der Waals surface area contributed by atoms with E-state index in [4.69, 9.17) is 5.73 Å². The predicted molar refractivity (Wildman–Crippen MR) is 50.9 cm³/mol. The van der Waals surface area contributed by atoms with Crippen molar-refractivity contribution in [3.63, 3.8) is 0 Å². The smallest absolute Gasteiger partial charge is 0.237 e. The van der Waals surface area contributed by atoms with E-state index in [0.717, 1.165) is 5.56 Å². The summed E-state index contributed by atoms with van der Waals surface area (Å²) >= 11 is 0. The first-order valence-corrected chi connectivity index (χ1v) is 4.19. The fourth-order valence-corrected chi connectivity index (χ4v) is 0.879. The maximum Gasteiger partial charge on any atom is 0.237 e. The predicted octanol–water partition coefficient (Wildman–Crippen LogP) is 0.368. The first-order chi connectivity index (χ1) is 6.02. The summed E-state index contributed by atoms with van der Waals surface area (Å²) in [6, 6.07) is 1.95. The molecule has 0 aliphatic heterocycles. The topological polar surface area (TPSA) is 70.9 Å². The third kappa shape index (κ3) is 2.59. The van der Waals surface area contributed by atoms with Crippen molar-refractivity contribution in [1.29, 1.82) is 0 Å². The molecule has 1 heterocycles. The van der Waals surface area contributed by atoms with Crippen LogP contribution < -0.4 is 11.1 Å². The average Bonchev–Trinajstić information content (AvgIpc) is 2.52. The summed E-state index contributed by atoms with van der Waals surface area (Å²) in [5, 5.41) is 3.07. The van der Waals surface area contributed by atoms with Crippen molar-refractivity contribution in [3.05, 3.63) is 24.0 Å². The van der Waals surface area contributed by atoms with Gasteiger partial charge in [-0.2, -0.15) is 0 Å². The number of carbonyl (C=O) groups is 1. The SMILES string of the molecule is CC(C)(NCc1cc[nH]c1)C(N)=O. The largest absolute Gasteiger partial charge is 0.368 e. The Kier molecular flexibility index (Phi) is 2.72. The fourth-order valence-electron chi connectivity index (χ4n) is 0.879. The molecule has 4 heteroatoms. The van der Waals surface area contributed by atoms with E-state index in [-0.39, 0.29) is 5.91 Å². The molecule has 13 heavy (non-hydrogen) atoms. The van der Waals surface area contributed by atoms with Crippen LogP contribution in [0.5, 0.6) is 0 Å². The number of carbonyl (C=O) groups excluding carboxylic acids is 1. The molecule has 0 fully saturated rings. The number of rotatable bonds is 4. The zero-order valence-corrected chi connectivity index (χ0v) is 7.92. The molecular formula is C9H15N3O. The van der Waals surface area contributed by atoms with Crippen molar-refractivity contribution in [3.8, 4) is 0 Å². The van der Waals surface area contributed by atoms with Crippen LogP contribution in [-0.2, 0) is 11.3 Å². The first kappa shape index (κ1) is 9.80. The van der Waals surface area contributed by atoms with E-state index in [9.17, 15) is 4.79 Å². The first-order valence-electron chi connectivity index (χ1n) is 4.19. The molecule has 0 saturated carbocycles. The summed E-state index contributed by atoms with van der Waals surface area (Å²) in [6.45, 7) is 4.17. The van der Waals surface area contributed by atoms with Gasteiger partial charge in [0.15, 0.2) is 0 Å². The van der Waals surface area contributed by atoms with Gasteiger partial charge in [0.2, 0.25) is 5.91 Å². The monoisotopic (exact) mass is 181 g/mol. The van der Waals surface area contributed by atoms with Crippen molar-refractivity contribution in [1.82, 2.24) is 10.3 Å². The van der Waals surface area contributed by atoms with Crippen LogP contribution >= 0.6 is 0 Å². The molecule has 0 aliphatic carbocycles. The Hall–Kier alpha value is -1.29. The molecule has 1 aromatic rings. The number of amides is 1. The molecule has 0 bridgehead atoms. The van der Waals surface area contributed by atoms with Gasteiger partial charge < -0.3 is 10.7 Å². The highest BCUT2D eigenvalue weighted by Gasteiger charge is 2.23. The van der Waals surface area contributed by atoms with E-state index in [0.29, 0.717) is 6.54 Å². The lowest BCUT2D eigenvalue weighted by molar-refractivity contribution is -0.123. The number of nitrogens with one attached hydrogen (secondary N) is 2. The van der Waals surface area contributed by atoms with Gasteiger partial charge in [-0.15, -0.1) is 0 Å². The van der Waals surface area contributed by atoms with Crippen LogP contribution in [0.3, 0.4) is 0 Å². The van der Waals surface area contributed by atoms with Crippen LogP contribution in [0, 0.1) is 0 Å². The number of primary amides is 1. The Bertz CT molecular complexity index is 277. The van der Waals surface area contributed by atoms with E-state index in [1.807, 2.05) is 18.5 Å². The van der Waals surface area contributed by atoms with Gasteiger partial charge in [0.05, 0.1) is 5.54 Å². The lowest BCUT2D eigenvalue weighted by Gasteiger charge is -2.21. The van der Waals surface area contributed by atoms with Gasteiger partial charge in [0.1, 0.15) is 0 Å². The van der Waals surface area contributed by atoms with E-state index >= 15 is 0 Å². The molecule has 4 nitrogen and oxygen atoms in total. The highest BCUT2D eigenvalue weighted by atomic mass is 16.1. The molecule has 0 atom stereocenters. The van der Waals surface area contributed by atoms with Crippen molar-refractivity contribution in [2.24, 2.45) is 5.73 Å². The summed E-state index contributed by atoms with van der Waals surface area (Å²) in [6.07, 6.45) is 3.72. The second-order valence-electron chi connectivity index (χ2n) is 3.56. The van der Waals surface area contributed by atoms with Gasteiger partial charge in [0.25, 0.3) is 0 Å². The van der Waals surface area contributed by atoms with Gasteiger partial charge in [-0.1, -0.05) is 0 Å². The molecule has 0 saturated heterocycles. The molecule has 0 radical (unpaired) electrons. The Morgan fingerprint density at radius 3 is 2.85 bits per heavy atom. The van der Waals surface area contributed by atoms with Crippen molar-refractivity contribution in [2.45, 2.75) is 25.9 Å². The van der Waals surface area contributed by atoms with Gasteiger partial charge in [-0.05, 0) is 25.5 Å². The molecule has 1 amide bonds. The minimum atomic E-state index is -0.655. The summed E-state index contributed by atoms with van der Waals surface area (Å²) in [5.74, 6) is -0.344. The lowest BCUT2D eigenvalue weighted by Crippen LogP contribution is -2.50. The number of H-pyrrole nitrogens is 1. The molecule has 0 spiro atoms. The molecule has 0 aliphatic rings. The Morgan fingerprint density at radius 2 is 2.38 bits per heavy atom. The number of aromatic nitrogens is 1. The Labute approximate surface area is 77.5 Å². The van der Waals surface area contributed by atoms with Crippen LogP contribution in [0.2, 0.25) is 0 Å². The van der Waals surface area contributed by atoms with Crippen LogP contribution in [0.15, 0.2) is 18.5 Å². The summed E-state index contributed by atoms with van der Waals surface area (Å²) in [4.78, 5) is 13.9. The van der Waals surface area contributed by atoms with Crippen molar-refractivity contribution in [2.75, 3.05) is 0 Å². The zero-order chi connectivity index (χ0) is 9.90. The highest BCUT2D eigenvalue weighted by molar-refractivity contribution is 5.83. The number of hydrogen-bond acceptors (Lipinski definition) is 2. The average molecular weight is 181 g/mol. The molecule has 0 aromatic carbocycles. The van der Waals surface area contributed by atoms with Gasteiger partial charge in [-0.3, -0.25) is 10.1 Å². The van der Waals surface area contributed by atoms with Gasteiger partial charge in [-0.25, -0.2) is 0 Å². The lowest BCUT2D eigenvalue weighted by atomic mass is 10.1. The third-order valence-corrected chi connectivity index (χ3v) is 2.01. The van der Waals surface area contributed by atoms with E-state index in [2.05, 4.69) is 10.3 Å². The number of hydrogen-bond donors (Lipinski definition) is 3. The van der Waals surface area contributed by atoms with Crippen LogP contribution in [0.25, 0.3) is 0 Å². The number of aromatic amines is 1. The normalized spacial score (nSPS) is 11.5. The highest BCUT2D eigenvalue weighted by Crippen LogP contribution is 2.03. The minimum absolute atomic E-state index is 0.344. The van der Waals surface area contributed by atoms with E-state index < -0.39 is 5.54 Å². The molecule has 72 valence electrons. The quantitative estimate of drug-likeness (QED) is 0.628. The van der Waals surface area contributed by atoms with Crippen LogP contribution in [0.4, 0.5) is 0 Å². The van der Waals surface area contributed by atoms with E-state index in [1.54, 1.807) is 13.8 Å². The second-order valence-corrected chi connectivity index (χ2v) is 3.56. The molecular weight excluding hydrogens is 166 g/mol. The summed E-state index contributed by atoms with van der Waals surface area (Å²) in [5.41, 5.74) is 5.65. The Morgan fingerprint density at radius 1 is 1.69 bits per heavy atom. The molecule has 0 unspecified atom stereocenters. The standard InChI is InChI=1S/C9H15N3O/c1-9(2,8(10)13)12-6-7-3-4-11-5-7/h3-5,11-12H,6H2,1-2H3,(H2,10,13). The summed E-state index contributed by atoms with van der Waals surface area (Å²) < 4.78 is 0. The summed E-state index contributed by atoms with van der Waals surface area (Å²) in [7, 11) is 0. The van der Waals surface area contributed by atoms with E-state index in [1.165, 1.54) is 0 Å². The third-order valence-electron chi connectivity index (χ3n) is 2.01. The molecule has 1 rings (SSSR count). The van der Waals surface area contributed by atoms with Crippen molar-refractivity contribution >= 4 is 5.91 Å². The zero-order valence-electron chi connectivity index (χ0n) is 7.92. The maximum absolute atomic E-state index is 10.9. The molecule has 4 N–H and O–H groups in total. The van der Waals surface area contributed by atoms with Crippen LogP contribution in [0.1, 0.15) is 19.4 Å². The van der Waals surface area contributed by atoms with Crippen LogP contribution in [-0.4, -0.2) is 16.4 Å². The van der Waals surface area contributed by atoms with Crippen molar-refractivity contribution < 1.29 is 4.79 Å². The second kappa shape index (κ2) is 3.62. The fraction of sp³-hybridized carbons (Fsp3) is 0.444. The van der Waals surface area contributed by atoms with Gasteiger partial charge >= 0.3 is 0 Å². The maximum atomic E-state index is 10.9. The van der Waals surface area contributed by atoms with Gasteiger partial charge in [0, 0.05) is 18.9 Å². The Balaban J connectivity index is 2.47. The molecule has 1 aromatic heterocycles. The number of nitrogens with two attached hydrogens (primary N) is 1.